The van der Waals surface area contributed by atoms with Crippen molar-refractivity contribution in [2.24, 2.45) is 0 Å². The van der Waals surface area contributed by atoms with Gasteiger partial charge < -0.3 is 19.3 Å². The Hall–Kier alpha value is -3.23. The summed E-state index contributed by atoms with van der Waals surface area (Å²) < 4.78 is 49.8. The zero-order valence-corrected chi connectivity index (χ0v) is 24.1. The second kappa shape index (κ2) is 13.4. The van der Waals surface area contributed by atoms with Crippen molar-refractivity contribution in [3.63, 3.8) is 0 Å². The smallest absolute Gasteiger partial charge is 0.416 e. The standard InChI is InChI=1S/C31H41F3N2O4/c1-6-8-11-24-19-22(15-18-27(24)40-30(3,4)28(37)39-7-2)10-9-12-26-21-36(29(38)35(26)5)20-23-13-16-25(17-14-23)31(32,33)34/h13-19,26H,6-12,20-21H2,1-5H3. The fourth-order valence-corrected chi connectivity index (χ4v) is 4.88. The number of alkyl halides is 3. The molecule has 0 spiro atoms. The third kappa shape index (κ3) is 8.15. The quantitative estimate of drug-likeness (QED) is 0.246. The fourth-order valence-electron chi connectivity index (χ4n) is 4.88. The molecule has 1 fully saturated rings. The Kier molecular flexibility index (Phi) is 10.5. The Morgan fingerprint density at radius 1 is 1.00 bits per heavy atom. The minimum Gasteiger partial charge on any atom is -0.476 e. The molecule has 40 heavy (non-hydrogen) atoms. The zero-order chi connectivity index (χ0) is 29.5. The molecule has 1 aliphatic heterocycles. The van der Waals surface area contributed by atoms with Crippen LogP contribution in [0.25, 0.3) is 0 Å². The number of hydrogen-bond donors (Lipinski definition) is 0. The van der Waals surface area contributed by atoms with Gasteiger partial charge in [-0.2, -0.15) is 13.2 Å². The van der Waals surface area contributed by atoms with Crippen LogP contribution in [0.15, 0.2) is 42.5 Å². The number of benzene rings is 2. The number of esters is 1. The second-order valence-corrected chi connectivity index (χ2v) is 10.9. The van der Waals surface area contributed by atoms with Gasteiger partial charge in [-0.15, -0.1) is 0 Å². The predicted octanol–water partition coefficient (Wildman–Crippen LogP) is 7.03. The number of unbranched alkanes of at least 4 members (excludes halogenated alkanes) is 1. The SMILES string of the molecule is CCCCc1cc(CCCC2CN(Cc3ccc(C(F)(F)F)cc3)C(=O)N2C)ccc1OC(C)(C)C(=O)OCC. The fraction of sp³-hybridized carbons (Fsp3) is 0.548. The summed E-state index contributed by atoms with van der Waals surface area (Å²) in [5.74, 6) is 0.290. The van der Waals surface area contributed by atoms with Gasteiger partial charge in [0.15, 0.2) is 5.60 Å². The normalized spacial score (nSPS) is 16.0. The van der Waals surface area contributed by atoms with Gasteiger partial charge in [0.2, 0.25) is 0 Å². The highest BCUT2D eigenvalue weighted by Gasteiger charge is 2.35. The number of halogens is 3. The van der Waals surface area contributed by atoms with E-state index in [1.54, 1.807) is 37.6 Å². The average Bonchev–Trinajstić information content (AvgIpc) is 3.16. The minimum atomic E-state index is -4.38. The lowest BCUT2D eigenvalue weighted by Crippen LogP contribution is -2.40. The molecule has 0 bridgehead atoms. The van der Waals surface area contributed by atoms with E-state index in [1.807, 2.05) is 12.1 Å². The molecule has 9 heteroatoms. The van der Waals surface area contributed by atoms with Crippen molar-refractivity contribution in [3.8, 4) is 5.75 Å². The maximum atomic E-state index is 12.9. The van der Waals surface area contributed by atoms with Crippen molar-refractivity contribution in [1.29, 1.82) is 0 Å². The Morgan fingerprint density at radius 3 is 2.30 bits per heavy atom. The topological polar surface area (TPSA) is 59.1 Å². The number of aryl methyl sites for hydroxylation is 2. The van der Waals surface area contributed by atoms with E-state index in [2.05, 4.69) is 13.0 Å². The molecule has 1 atom stereocenters. The van der Waals surface area contributed by atoms with E-state index >= 15 is 0 Å². The monoisotopic (exact) mass is 562 g/mol. The summed E-state index contributed by atoms with van der Waals surface area (Å²) in [6.07, 6.45) is 1.02. The molecule has 0 aromatic heterocycles. The molecule has 6 nitrogen and oxygen atoms in total. The van der Waals surface area contributed by atoms with Gasteiger partial charge in [0.05, 0.1) is 18.2 Å². The van der Waals surface area contributed by atoms with E-state index in [-0.39, 0.29) is 18.6 Å². The van der Waals surface area contributed by atoms with Crippen molar-refractivity contribution < 1.29 is 32.2 Å². The Bertz CT molecular complexity index is 1150. The van der Waals surface area contributed by atoms with Crippen LogP contribution in [0.2, 0.25) is 0 Å². The van der Waals surface area contributed by atoms with Crippen LogP contribution >= 0.6 is 0 Å². The maximum absolute atomic E-state index is 12.9. The number of amides is 2. The van der Waals surface area contributed by atoms with Gasteiger partial charge in [0.1, 0.15) is 5.75 Å². The van der Waals surface area contributed by atoms with Gasteiger partial charge in [-0.1, -0.05) is 37.6 Å². The molecule has 0 radical (unpaired) electrons. The number of urea groups is 1. The molecule has 0 N–H and O–H groups in total. The molecule has 1 heterocycles. The van der Waals surface area contributed by atoms with Crippen molar-refractivity contribution in [3.05, 3.63) is 64.7 Å². The lowest BCUT2D eigenvalue weighted by Gasteiger charge is -2.26. The number of likely N-dealkylation sites (N-methyl/N-ethyl adjacent to an activating group) is 1. The molecule has 0 aliphatic carbocycles. The van der Waals surface area contributed by atoms with Gasteiger partial charge in [0, 0.05) is 20.1 Å². The minimum absolute atomic E-state index is 0.0366. The first-order chi connectivity index (χ1) is 18.9. The van der Waals surface area contributed by atoms with Gasteiger partial charge in [-0.3, -0.25) is 0 Å². The van der Waals surface area contributed by atoms with E-state index in [4.69, 9.17) is 9.47 Å². The van der Waals surface area contributed by atoms with Gasteiger partial charge in [-0.25, -0.2) is 9.59 Å². The summed E-state index contributed by atoms with van der Waals surface area (Å²) in [6, 6.07) is 11.0. The highest BCUT2D eigenvalue weighted by molar-refractivity contribution is 5.79. The zero-order valence-electron chi connectivity index (χ0n) is 24.1. The molecule has 1 unspecified atom stereocenters. The van der Waals surface area contributed by atoms with Crippen LogP contribution in [0.4, 0.5) is 18.0 Å². The third-order valence-corrected chi connectivity index (χ3v) is 7.27. The molecule has 1 aliphatic rings. The molecule has 0 saturated carbocycles. The summed E-state index contributed by atoms with van der Waals surface area (Å²) in [7, 11) is 1.78. The van der Waals surface area contributed by atoms with E-state index in [0.29, 0.717) is 24.5 Å². The van der Waals surface area contributed by atoms with Crippen LogP contribution in [0.3, 0.4) is 0 Å². The highest BCUT2D eigenvalue weighted by Crippen LogP contribution is 2.30. The van der Waals surface area contributed by atoms with E-state index in [1.165, 1.54) is 17.7 Å². The second-order valence-electron chi connectivity index (χ2n) is 10.9. The Morgan fingerprint density at radius 2 is 1.68 bits per heavy atom. The molecule has 220 valence electrons. The van der Waals surface area contributed by atoms with Gasteiger partial charge in [0.25, 0.3) is 0 Å². The summed E-state index contributed by atoms with van der Waals surface area (Å²) >= 11 is 0. The van der Waals surface area contributed by atoms with Crippen molar-refractivity contribution in [2.45, 2.75) is 90.6 Å². The number of hydrogen-bond acceptors (Lipinski definition) is 4. The maximum Gasteiger partial charge on any atom is 0.416 e. The predicted molar refractivity (Wildman–Crippen MR) is 148 cm³/mol. The van der Waals surface area contributed by atoms with Gasteiger partial charge >= 0.3 is 18.2 Å². The molecule has 2 amide bonds. The van der Waals surface area contributed by atoms with Crippen LogP contribution in [-0.4, -0.2) is 53.6 Å². The van der Waals surface area contributed by atoms with Crippen LogP contribution in [-0.2, 0) is 35.1 Å². The van der Waals surface area contributed by atoms with Crippen molar-refractivity contribution in [2.75, 3.05) is 20.2 Å². The molecule has 2 aromatic carbocycles. The van der Waals surface area contributed by atoms with Crippen molar-refractivity contribution in [1.82, 2.24) is 9.80 Å². The lowest BCUT2D eigenvalue weighted by atomic mass is 9.99. The number of nitrogens with zero attached hydrogens (tertiary/aromatic N) is 2. The number of rotatable bonds is 13. The number of carbonyl (C=O) groups excluding carboxylic acids is 2. The molecular weight excluding hydrogens is 521 g/mol. The molecular formula is C31H41F3N2O4. The van der Waals surface area contributed by atoms with Crippen molar-refractivity contribution >= 4 is 12.0 Å². The molecule has 2 aromatic rings. The average molecular weight is 563 g/mol. The lowest BCUT2D eigenvalue weighted by molar-refractivity contribution is -0.158. The summed E-state index contributed by atoms with van der Waals surface area (Å²) in [6.45, 7) is 8.43. The van der Waals surface area contributed by atoms with Crippen LogP contribution in [0.5, 0.6) is 5.75 Å². The van der Waals surface area contributed by atoms with Crippen LogP contribution in [0.1, 0.15) is 75.6 Å². The van der Waals surface area contributed by atoms with Crippen LogP contribution < -0.4 is 4.74 Å². The Labute approximate surface area is 235 Å². The largest absolute Gasteiger partial charge is 0.476 e. The van der Waals surface area contributed by atoms with E-state index < -0.39 is 23.3 Å². The van der Waals surface area contributed by atoms with E-state index in [9.17, 15) is 22.8 Å². The number of ether oxygens (including phenoxy) is 2. The molecule has 3 rings (SSSR count). The summed E-state index contributed by atoms with van der Waals surface area (Å²) in [5.41, 5.74) is 1.11. The highest BCUT2D eigenvalue weighted by atomic mass is 19.4. The summed E-state index contributed by atoms with van der Waals surface area (Å²) in [4.78, 5) is 28.5. The first-order valence-corrected chi connectivity index (χ1v) is 14.0. The van der Waals surface area contributed by atoms with E-state index in [0.717, 1.165) is 56.2 Å². The van der Waals surface area contributed by atoms with Gasteiger partial charge in [-0.05, 0) is 87.8 Å². The third-order valence-electron chi connectivity index (χ3n) is 7.27. The molecule has 1 saturated heterocycles. The Balaban J connectivity index is 1.59. The first-order valence-electron chi connectivity index (χ1n) is 14.0. The first kappa shape index (κ1) is 31.3. The number of carbonyl (C=O) groups is 2. The summed E-state index contributed by atoms with van der Waals surface area (Å²) in [5, 5.41) is 0. The van der Waals surface area contributed by atoms with Crippen LogP contribution in [0, 0.1) is 0 Å².